The molecule has 0 bridgehead atoms. The molecule has 5 atom stereocenters. The quantitative estimate of drug-likeness (QED) is 0.143. The van der Waals surface area contributed by atoms with Crippen LogP contribution in [0.15, 0.2) is 0 Å². The van der Waals surface area contributed by atoms with Gasteiger partial charge in [0.1, 0.15) is 0 Å². The van der Waals surface area contributed by atoms with Crippen molar-refractivity contribution in [3.63, 3.8) is 0 Å². The first-order chi connectivity index (χ1) is 20.1. The van der Waals surface area contributed by atoms with Gasteiger partial charge in [-0.15, -0.1) is 0 Å². The lowest BCUT2D eigenvalue weighted by molar-refractivity contribution is -0.528. The minimum Gasteiger partial charge on any atom is -0.481 e. The molecule has 4 fully saturated rings. The van der Waals surface area contributed by atoms with Crippen LogP contribution in [0.4, 0.5) is 0 Å². The molecule has 13 nitrogen and oxygen atoms in total. The lowest BCUT2D eigenvalue weighted by Gasteiger charge is -2.36. The van der Waals surface area contributed by atoms with Crippen LogP contribution in [0.2, 0.25) is 0 Å². The minimum absolute atomic E-state index is 0.105. The van der Waals surface area contributed by atoms with E-state index >= 15 is 0 Å². The van der Waals surface area contributed by atoms with Gasteiger partial charge in [-0.3, -0.25) is 25.0 Å². The summed E-state index contributed by atoms with van der Waals surface area (Å²) >= 11 is 0. The molecule has 240 valence electrons. The van der Waals surface area contributed by atoms with E-state index in [1.807, 2.05) is 0 Å². The Morgan fingerprint density at radius 3 is 1.93 bits per heavy atom. The molecule has 5 unspecified atom stereocenters. The van der Waals surface area contributed by atoms with E-state index in [1.165, 1.54) is 0 Å². The van der Waals surface area contributed by atoms with Gasteiger partial charge in [0.25, 0.3) is 0 Å². The number of aliphatic carboxylic acids is 1. The summed E-state index contributed by atoms with van der Waals surface area (Å²) in [5.74, 6) is -2.88. The van der Waals surface area contributed by atoms with Crippen molar-refractivity contribution in [3.8, 4) is 0 Å². The number of carbonyl (C=O) groups is 2. The van der Waals surface area contributed by atoms with Crippen LogP contribution in [0.1, 0.15) is 96.3 Å². The van der Waals surface area contributed by atoms with Crippen LogP contribution < -0.4 is 10.8 Å². The first-order valence-corrected chi connectivity index (χ1v) is 17.2. The smallest absolute Gasteiger partial charge is 0.307 e. The molecule has 1 amide bonds. The zero-order valence-electron chi connectivity index (χ0n) is 24.2. The topological polar surface area (TPSA) is 194 Å². The number of hydroxylamine groups is 1. The molecule has 0 heterocycles. The molecule has 0 saturated heterocycles. The number of amides is 1. The van der Waals surface area contributed by atoms with Crippen molar-refractivity contribution in [2.45, 2.75) is 125 Å². The summed E-state index contributed by atoms with van der Waals surface area (Å²) < 4.78 is 26.9. The highest BCUT2D eigenvalue weighted by atomic mass is 32.2. The lowest BCUT2D eigenvalue weighted by Crippen LogP contribution is -2.48. The Labute approximate surface area is 247 Å². The number of nitrogens with zero attached hydrogens (tertiary/aromatic N) is 1. The largest absolute Gasteiger partial charge is 0.481 e. The van der Waals surface area contributed by atoms with Crippen molar-refractivity contribution < 1.29 is 43.0 Å². The Morgan fingerprint density at radius 1 is 0.810 bits per heavy atom. The number of hydrogen-bond acceptors (Lipinski definition) is 10. The van der Waals surface area contributed by atoms with Crippen LogP contribution >= 0.6 is 0 Å². The summed E-state index contributed by atoms with van der Waals surface area (Å²) in [6.07, 6.45) is 9.00. The average molecular weight is 618 g/mol. The molecule has 4 N–H and O–H groups in total. The average Bonchev–Trinajstić information content (AvgIpc) is 2.98. The number of hydrogen-bond donors (Lipinski definition) is 4. The Balaban J connectivity index is 1.18. The van der Waals surface area contributed by atoms with Crippen molar-refractivity contribution in [2.24, 2.45) is 23.7 Å². The minimum atomic E-state index is -3.33. The second-order valence-electron chi connectivity index (χ2n) is 12.9. The zero-order valence-corrected chi connectivity index (χ0v) is 25.0. The van der Waals surface area contributed by atoms with E-state index in [0.717, 1.165) is 25.7 Å². The normalized spacial score (nSPS) is 36.2. The van der Waals surface area contributed by atoms with Gasteiger partial charge in [-0.05, 0) is 82.5 Å². The maximum Gasteiger partial charge on any atom is 0.307 e. The summed E-state index contributed by atoms with van der Waals surface area (Å²) in [7, 11) is -3.33. The van der Waals surface area contributed by atoms with Crippen molar-refractivity contribution >= 4 is 21.7 Å². The van der Waals surface area contributed by atoms with Crippen molar-refractivity contribution in [3.05, 3.63) is 10.1 Å². The Kier molecular flexibility index (Phi) is 12.0. The predicted octanol–water partition coefficient (Wildman–Crippen LogP) is 3.10. The van der Waals surface area contributed by atoms with Crippen molar-refractivity contribution in [2.75, 3.05) is 13.2 Å². The predicted molar refractivity (Wildman–Crippen MR) is 152 cm³/mol. The van der Waals surface area contributed by atoms with Gasteiger partial charge in [0.05, 0.1) is 35.5 Å². The molecule has 14 heteroatoms. The second kappa shape index (κ2) is 15.2. The molecule has 4 aliphatic rings. The monoisotopic (exact) mass is 617 g/mol. The Morgan fingerprint density at radius 2 is 1.38 bits per heavy atom. The molecular weight excluding hydrogens is 570 g/mol. The highest BCUT2D eigenvalue weighted by Gasteiger charge is 2.44. The molecule has 4 saturated carbocycles. The number of sulfone groups is 1. The Bertz CT molecular complexity index is 1020. The van der Waals surface area contributed by atoms with E-state index in [2.05, 4.69) is 15.7 Å². The van der Waals surface area contributed by atoms with Crippen LogP contribution in [0, 0.1) is 33.8 Å². The molecule has 0 aromatic heterocycles. The number of rotatable bonds is 12. The summed E-state index contributed by atoms with van der Waals surface area (Å²) in [5.41, 5.74) is 3.14. The van der Waals surface area contributed by atoms with E-state index in [0.29, 0.717) is 70.5 Å². The lowest BCUT2D eigenvalue weighted by atomic mass is 9.76. The van der Waals surface area contributed by atoms with E-state index in [4.69, 9.17) is 10.1 Å². The maximum absolute atomic E-state index is 13.5. The van der Waals surface area contributed by atoms with Gasteiger partial charge in [0.2, 0.25) is 11.9 Å². The number of carbonyl (C=O) groups excluding carboxylic acids is 1. The third kappa shape index (κ3) is 8.40. The fraction of sp³-hybridized carbons (Fsp3) is 0.929. The van der Waals surface area contributed by atoms with E-state index in [1.54, 1.807) is 0 Å². The molecule has 0 aromatic carbocycles. The fourth-order valence-corrected chi connectivity index (χ4v) is 10.0. The molecule has 0 spiro atoms. The standard InChI is InChI=1S/C28H47N3O10S/c32-27(25-14-9-22(31(35)36)15-26(25)28(33)34)29-20-5-10-23(11-6-20)42(38,39)24-12-7-21(8-13-24)30-40-16-18-3-1-2-4-19(18)17-41-37/h18-26,30,37H,1-17H2,(H,29,32)(H,33,34). The maximum atomic E-state index is 13.5. The zero-order chi connectivity index (χ0) is 30.3. The molecular formula is C28H47N3O10S. The molecule has 4 aliphatic carbocycles. The number of carboxylic acid groups (broad SMARTS) is 1. The number of nitro groups is 1. The summed E-state index contributed by atoms with van der Waals surface area (Å²) in [6, 6.07) is -1.07. The SMILES string of the molecule is O=C(O)C1CC([N+](=O)[O-])CCC1C(=O)NC1CCC(S(=O)(=O)C2CCC(NOCC3CCCCC3COO)CC2)CC1. The van der Waals surface area contributed by atoms with E-state index in [-0.39, 0.29) is 42.5 Å². The highest BCUT2D eigenvalue weighted by Crippen LogP contribution is 2.35. The van der Waals surface area contributed by atoms with Crippen LogP contribution in [0.25, 0.3) is 0 Å². The fourth-order valence-electron chi connectivity index (χ4n) is 7.64. The summed E-state index contributed by atoms with van der Waals surface area (Å²) in [6.45, 7) is 0.868. The van der Waals surface area contributed by atoms with Gasteiger partial charge in [-0.25, -0.2) is 13.3 Å². The number of nitrogens with one attached hydrogen (secondary N) is 2. The Hall–Kier alpha value is -1.87. The van der Waals surface area contributed by atoms with Crippen LogP contribution in [0.3, 0.4) is 0 Å². The molecule has 0 aromatic rings. The molecule has 4 rings (SSSR count). The number of carboxylic acids is 1. The highest BCUT2D eigenvalue weighted by molar-refractivity contribution is 7.92. The van der Waals surface area contributed by atoms with Crippen LogP contribution in [0.5, 0.6) is 0 Å². The van der Waals surface area contributed by atoms with Gasteiger partial charge in [0, 0.05) is 29.8 Å². The molecule has 42 heavy (non-hydrogen) atoms. The molecule has 0 aliphatic heterocycles. The van der Waals surface area contributed by atoms with Crippen molar-refractivity contribution in [1.82, 2.24) is 10.8 Å². The summed E-state index contributed by atoms with van der Waals surface area (Å²) in [4.78, 5) is 45.5. The van der Waals surface area contributed by atoms with E-state index in [9.17, 15) is 33.2 Å². The first kappa shape index (κ1) is 33.0. The first-order valence-electron chi connectivity index (χ1n) is 15.6. The van der Waals surface area contributed by atoms with Crippen LogP contribution in [-0.4, -0.2) is 77.4 Å². The van der Waals surface area contributed by atoms with Gasteiger partial charge in [0.15, 0.2) is 9.84 Å². The van der Waals surface area contributed by atoms with E-state index < -0.39 is 49.8 Å². The third-order valence-electron chi connectivity index (χ3n) is 10.3. The van der Waals surface area contributed by atoms with Gasteiger partial charge < -0.3 is 15.3 Å². The van der Waals surface area contributed by atoms with Gasteiger partial charge in [-0.1, -0.05) is 12.8 Å². The summed E-state index contributed by atoms with van der Waals surface area (Å²) in [5, 5.41) is 31.6. The van der Waals surface area contributed by atoms with Crippen LogP contribution in [-0.2, 0) is 29.2 Å². The van der Waals surface area contributed by atoms with Crippen molar-refractivity contribution in [1.29, 1.82) is 0 Å². The molecule has 0 radical (unpaired) electrons. The van der Waals surface area contributed by atoms with Gasteiger partial charge in [-0.2, -0.15) is 5.48 Å². The third-order valence-corrected chi connectivity index (χ3v) is 13.1. The van der Waals surface area contributed by atoms with Gasteiger partial charge >= 0.3 is 5.97 Å². The second-order valence-corrected chi connectivity index (χ2v) is 15.4.